The molecule has 3 N–H and O–H groups in total. The molecule has 3 atom stereocenters. The summed E-state index contributed by atoms with van der Waals surface area (Å²) in [5.74, 6) is -0.292. The molecule has 0 aromatic heterocycles. The largest absolute Gasteiger partial charge is 0.354 e. The van der Waals surface area contributed by atoms with Crippen LogP contribution in [-0.4, -0.2) is 30.4 Å². The van der Waals surface area contributed by atoms with Crippen molar-refractivity contribution in [2.45, 2.75) is 32.9 Å². The van der Waals surface area contributed by atoms with Crippen molar-refractivity contribution in [1.82, 2.24) is 10.2 Å². The van der Waals surface area contributed by atoms with Gasteiger partial charge in [-0.25, -0.2) is 0 Å². The summed E-state index contributed by atoms with van der Waals surface area (Å²) in [4.78, 5) is 15.0. The Morgan fingerprint density at radius 3 is 1.96 bits per heavy atom. The van der Waals surface area contributed by atoms with Gasteiger partial charge in [-0.05, 0) is 24.2 Å². The third-order valence-corrected chi connectivity index (χ3v) is 5.04. The van der Waals surface area contributed by atoms with Crippen molar-refractivity contribution in [2.24, 2.45) is 11.7 Å². The maximum absolute atomic E-state index is 12.7. The molecule has 0 radical (unpaired) electrons. The third-order valence-electron chi connectivity index (χ3n) is 5.04. The van der Waals surface area contributed by atoms with Crippen LogP contribution in [-0.2, 0) is 4.79 Å². The molecular formula is C22H31N3O. The van der Waals surface area contributed by atoms with E-state index in [1.807, 2.05) is 55.5 Å². The number of nitrogens with two attached hydrogens (primary N) is 1. The summed E-state index contributed by atoms with van der Waals surface area (Å²) >= 11 is 0. The minimum atomic E-state index is -0.306. The van der Waals surface area contributed by atoms with E-state index in [1.165, 1.54) is 5.56 Å². The average Bonchev–Trinajstić information content (AvgIpc) is 2.71. The number of carbonyl (C=O) groups excluding carboxylic acids is 1. The number of likely N-dealkylation sites (N-methyl/N-ethyl adjacent to an activating group) is 1. The summed E-state index contributed by atoms with van der Waals surface area (Å²) < 4.78 is 0. The van der Waals surface area contributed by atoms with Crippen LogP contribution in [0.1, 0.15) is 44.0 Å². The molecule has 0 saturated heterocycles. The first-order chi connectivity index (χ1) is 12.6. The Hall–Kier alpha value is -2.17. The second kappa shape index (κ2) is 10.1. The number of amides is 1. The first kappa shape index (κ1) is 20.1. The highest BCUT2D eigenvalue weighted by Gasteiger charge is 2.24. The summed E-state index contributed by atoms with van der Waals surface area (Å²) in [7, 11) is 0. The fourth-order valence-corrected chi connectivity index (χ4v) is 3.28. The molecule has 4 nitrogen and oxygen atoms in total. The lowest BCUT2D eigenvalue weighted by Crippen LogP contribution is -2.41. The number of hydrogen-bond donors (Lipinski definition) is 2. The van der Waals surface area contributed by atoms with E-state index in [0.29, 0.717) is 6.54 Å². The molecule has 0 aliphatic heterocycles. The molecule has 2 rings (SSSR count). The molecule has 3 unspecified atom stereocenters. The number of benzene rings is 2. The zero-order chi connectivity index (χ0) is 18.9. The second-order valence-electron chi connectivity index (χ2n) is 6.62. The molecule has 2 aromatic rings. The van der Waals surface area contributed by atoms with E-state index in [2.05, 4.69) is 36.2 Å². The van der Waals surface area contributed by atoms with Crippen LogP contribution in [0.5, 0.6) is 0 Å². The molecule has 2 aromatic carbocycles. The number of nitrogens with zero attached hydrogens (tertiary/aromatic N) is 1. The molecule has 4 heteroatoms. The Balaban J connectivity index is 2.04. The Morgan fingerprint density at radius 2 is 1.46 bits per heavy atom. The molecule has 0 fully saturated rings. The molecule has 0 bridgehead atoms. The molecule has 0 heterocycles. The van der Waals surface area contributed by atoms with Gasteiger partial charge >= 0.3 is 0 Å². The normalized spacial score (nSPS) is 14.7. The lowest BCUT2D eigenvalue weighted by Gasteiger charge is -2.31. The van der Waals surface area contributed by atoms with Gasteiger partial charge in [0.05, 0.1) is 12.0 Å². The van der Waals surface area contributed by atoms with Gasteiger partial charge in [-0.3, -0.25) is 9.69 Å². The van der Waals surface area contributed by atoms with Gasteiger partial charge in [0.1, 0.15) is 0 Å². The number of hydrogen-bond acceptors (Lipinski definition) is 3. The predicted octanol–water partition coefficient (Wildman–Crippen LogP) is 3.52. The monoisotopic (exact) mass is 353 g/mol. The highest BCUT2D eigenvalue weighted by Crippen LogP contribution is 2.22. The maximum Gasteiger partial charge on any atom is 0.224 e. The summed E-state index contributed by atoms with van der Waals surface area (Å²) in [5, 5.41) is 3.12. The van der Waals surface area contributed by atoms with Crippen LogP contribution in [0, 0.1) is 5.92 Å². The molecule has 0 aliphatic rings. The number of rotatable bonds is 9. The van der Waals surface area contributed by atoms with Crippen molar-refractivity contribution in [3.63, 3.8) is 0 Å². The van der Waals surface area contributed by atoms with Crippen LogP contribution in [0.2, 0.25) is 0 Å². The topological polar surface area (TPSA) is 58.4 Å². The molecular weight excluding hydrogens is 322 g/mol. The van der Waals surface area contributed by atoms with Crippen LogP contribution < -0.4 is 11.1 Å². The summed E-state index contributed by atoms with van der Waals surface area (Å²) in [5.41, 5.74) is 8.50. The fourth-order valence-electron chi connectivity index (χ4n) is 3.28. The van der Waals surface area contributed by atoms with Crippen molar-refractivity contribution < 1.29 is 4.79 Å². The lowest BCUT2D eigenvalue weighted by atomic mass is 9.94. The Morgan fingerprint density at radius 1 is 0.962 bits per heavy atom. The van der Waals surface area contributed by atoms with Gasteiger partial charge < -0.3 is 11.1 Å². The van der Waals surface area contributed by atoms with Crippen molar-refractivity contribution in [3.8, 4) is 0 Å². The van der Waals surface area contributed by atoms with Gasteiger partial charge in [-0.1, -0.05) is 81.4 Å². The molecule has 0 saturated carbocycles. The zero-order valence-electron chi connectivity index (χ0n) is 16.1. The molecule has 26 heavy (non-hydrogen) atoms. The standard InChI is InChI=1S/C22H31N3O/c1-4-25(5-2)20(18-12-8-6-9-13-18)16-24-22(26)17(3)21(23)19-14-10-7-11-15-19/h6-15,17,20-21H,4-5,16,23H2,1-3H3,(H,24,26). The maximum atomic E-state index is 12.7. The predicted molar refractivity (Wildman–Crippen MR) is 108 cm³/mol. The van der Waals surface area contributed by atoms with E-state index in [1.54, 1.807) is 0 Å². The van der Waals surface area contributed by atoms with Gasteiger partial charge in [-0.2, -0.15) is 0 Å². The highest BCUT2D eigenvalue weighted by atomic mass is 16.1. The summed E-state index contributed by atoms with van der Waals surface area (Å²) in [6.45, 7) is 8.64. The first-order valence-electron chi connectivity index (χ1n) is 9.45. The van der Waals surface area contributed by atoms with E-state index in [9.17, 15) is 4.79 Å². The second-order valence-corrected chi connectivity index (χ2v) is 6.62. The number of nitrogens with one attached hydrogen (secondary N) is 1. The third kappa shape index (κ3) is 5.16. The summed E-state index contributed by atoms with van der Waals surface area (Å²) in [6, 6.07) is 20.0. The van der Waals surface area contributed by atoms with Crippen molar-refractivity contribution in [2.75, 3.05) is 19.6 Å². The van der Waals surface area contributed by atoms with Crippen LogP contribution in [0.25, 0.3) is 0 Å². The Bertz CT molecular complexity index is 656. The van der Waals surface area contributed by atoms with Crippen LogP contribution in [0.15, 0.2) is 60.7 Å². The van der Waals surface area contributed by atoms with Crippen molar-refractivity contribution in [1.29, 1.82) is 0 Å². The average molecular weight is 354 g/mol. The molecule has 0 spiro atoms. The first-order valence-corrected chi connectivity index (χ1v) is 9.45. The molecule has 140 valence electrons. The van der Waals surface area contributed by atoms with Crippen molar-refractivity contribution in [3.05, 3.63) is 71.8 Å². The van der Waals surface area contributed by atoms with Crippen LogP contribution >= 0.6 is 0 Å². The van der Waals surface area contributed by atoms with Gasteiger partial charge in [0.2, 0.25) is 5.91 Å². The Kier molecular flexibility index (Phi) is 7.82. The van der Waals surface area contributed by atoms with E-state index in [0.717, 1.165) is 18.7 Å². The van der Waals surface area contributed by atoms with Crippen LogP contribution in [0.3, 0.4) is 0 Å². The van der Waals surface area contributed by atoms with E-state index in [4.69, 9.17) is 5.73 Å². The molecule has 1 amide bonds. The quantitative estimate of drug-likeness (QED) is 0.725. The Labute approximate surface area is 157 Å². The minimum Gasteiger partial charge on any atom is -0.354 e. The SMILES string of the molecule is CCN(CC)C(CNC(=O)C(C)C(N)c1ccccc1)c1ccccc1. The van der Waals surface area contributed by atoms with E-state index >= 15 is 0 Å². The minimum absolute atomic E-state index is 0.00515. The molecule has 0 aliphatic carbocycles. The highest BCUT2D eigenvalue weighted by molar-refractivity contribution is 5.79. The smallest absolute Gasteiger partial charge is 0.224 e. The number of carbonyl (C=O) groups is 1. The van der Waals surface area contributed by atoms with Gasteiger partial charge in [0.15, 0.2) is 0 Å². The van der Waals surface area contributed by atoms with Gasteiger partial charge in [0, 0.05) is 12.6 Å². The van der Waals surface area contributed by atoms with Crippen molar-refractivity contribution >= 4 is 5.91 Å². The summed E-state index contributed by atoms with van der Waals surface area (Å²) in [6.07, 6.45) is 0. The lowest BCUT2D eigenvalue weighted by molar-refractivity contribution is -0.125. The fraction of sp³-hybridized carbons (Fsp3) is 0.409. The van der Waals surface area contributed by atoms with E-state index < -0.39 is 0 Å². The van der Waals surface area contributed by atoms with Crippen LogP contribution in [0.4, 0.5) is 0 Å². The van der Waals surface area contributed by atoms with Gasteiger partial charge in [0.25, 0.3) is 0 Å². The zero-order valence-corrected chi connectivity index (χ0v) is 16.1. The van der Waals surface area contributed by atoms with E-state index in [-0.39, 0.29) is 23.9 Å². The van der Waals surface area contributed by atoms with Gasteiger partial charge in [-0.15, -0.1) is 0 Å².